The third kappa shape index (κ3) is 14.3. The molecule has 11 heteroatoms. The fraction of sp³-hybridized carbons (Fsp3) is 0.102. The van der Waals surface area contributed by atoms with Crippen molar-refractivity contribution in [3.63, 3.8) is 0 Å². The van der Waals surface area contributed by atoms with Crippen molar-refractivity contribution in [3.8, 4) is 22.9 Å². The Bertz CT molecular complexity index is 2430. The smallest absolute Gasteiger partial charge is 0.437 e. The minimum absolute atomic E-state index is 0. The van der Waals surface area contributed by atoms with Gasteiger partial charge < -0.3 is 16.4 Å². The van der Waals surface area contributed by atoms with Gasteiger partial charge in [0.2, 0.25) is 5.88 Å². The van der Waals surface area contributed by atoms with Gasteiger partial charge in [0, 0.05) is 11.1 Å². The molecular formula is C49H48F3IrN6O. The Morgan fingerprint density at radius 2 is 1.22 bits per heavy atom. The Morgan fingerprint density at radius 3 is 1.63 bits per heavy atom. The van der Waals surface area contributed by atoms with Crippen molar-refractivity contribution in [1.29, 1.82) is 0 Å². The van der Waals surface area contributed by atoms with Crippen molar-refractivity contribution < 1.29 is 38.0 Å². The molecule has 60 heavy (non-hydrogen) atoms. The zero-order chi connectivity index (χ0) is 43.7. The summed E-state index contributed by atoms with van der Waals surface area (Å²) in [6.07, 6.45) is 6.80. The van der Waals surface area contributed by atoms with Crippen LogP contribution in [0.25, 0.3) is 32.8 Å². The number of hydrogen-bond acceptors (Lipinski definition) is 7. The van der Waals surface area contributed by atoms with Gasteiger partial charge in [0.15, 0.2) is 0 Å². The van der Waals surface area contributed by atoms with Crippen molar-refractivity contribution >= 4 is 33.0 Å². The van der Waals surface area contributed by atoms with Crippen LogP contribution in [0.2, 0.25) is 0 Å². The van der Waals surface area contributed by atoms with Gasteiger partial charge >= 0.3 is 26.3 Å². The predicted molar refractivity (Wildman–Crippen MR) is 240 cm³/mol. The molecule has 7 nitrogen and oxygen atoms in total. The van der Waals surface area contributed by atoms with Crippen LogP contribution in [0.3, 0.4) is 0 Å². The first-order chi connectivity index (χ1) is 28.0. The number of allylic oxidation sites excluding steroid dienone is 12. The second kappa shape index (κ2) is 23.7. The van der Waals surface area contributed by atoms with E-state index in [-0.39, 0.29) is 31.7 Å². The maximum absolute atomic E-state index is 12.8. The molecular weight excluding hydrogens is 938 g/mol. The minimum Gasteiger partial charge on any atom is -0.437 e. The molecule has 0 unspecified atom stereocenters. The number of benzene rings is 4. The monoisotopic (exact) mass is 986 g/mol. The summed E-state index contributed by atoms with van der Waals surface area (Å²) in [5, 5.41) is 19.4. The molecule has 0 atom stereocenters. The van der Waals surface area contributed by atoms with Crippen LogP contribution in [-0.4, -0.2) is 21.6 Å². The Balaban J connectivity index is 0.000000360. The van der Waals surface area contributed by atoms with Crippen molar-refractivity contribution in [2.45, 2.75) is 33.9 Å². The second-order valence-electron chi connectivity index (χ2n) is 13.1. The van der Waals surface area contributed by atoms with Crippen molar-refractivity contribution in [2.75, 3.05) is 0 Å². The Hall–Kier alpha value is -6.68. The number of hydrogen-bond donors (Lipinski definition) is 2. The van der Waals surface area contributed by atoms with Crippen LogP contribution in [0, 0.1) is 19.9 Å². The van der Waals surface area contributed by atoms with E-state index in [0.29, 0.717) is 33.6 Å². The molecule has 1 heterocycles. The third-order valence-corrected chi connectivity index (χ3v) is 8.30. The van der Waals surface area contributed by atoms with Gasteiger partial charge in [-0.15, -0.1) is 41.0 Å². The standard InChI is InChI=1S/C25H14F3N2O.2C12H17N2.Ir/c26-25(27,28)19-10-12-20(13-11-19)31-24-22-15-18-9-5-4-8-17(18)14-21(22)23(29-30-24)16-6-2-1-3-7-16;2*1-6-7-10(4)8-11(5)12(14-13)9(2)3;/h1-6,8-15H;2*6-8H,1-3,13H2,4-5H3;/q3*-1;+3/b;2*10-7+,11-8+,14-12-;. The molecule has 0 spiro atoms. The van der Waals surface area contributed by atoms with Crippen LogP contribution < -0.4 is 16.4 Å². The quantitative estimate of drug-likeness (QED) is 0.0342. The molecule has 0 aliphatic heterocycles. The first-order valence-corrected chi connectivity index (χ1v) is 18.1. The zero-order valence-electron chi connectivity index (χ0n) is 34.1. The molecule has 0 saturated heterocycles. The van der Waals surface area contributed by atoms with Gasteiger partial charge in [0.05, 0.1) is 5.56 Å². The van der Waals surface area contributed by atoms with Crippen LogP contribution in [0.15, 0.2) is 191 Å². The molecule has 0 bridgehead atoms. The van der Waals surface area contributed by atoms with Crippen LogP contribution in [0.1, 0.15) is 33.3 Å². The molecule has 0 saturated carbocycles. The number of hydrazone groups is 2. The van der Waals surface area contributed by atoms with Crippen molar-refractivity contribution in [3.05, 3.63) is 207 Å². The van der Waals surface area contributed by atoms with E-state index in [1.807, 2.05) is 107 Å². The molecule has 0 aliphatic rings. The number of aromatic nitrogens is 2. The van der Waals surface area contributed by atoms with E-state index in [2.05, 4.69) is 66.6 Å². The van der Waals surface area contributed by atoms with E-state index in [0.717, 1.165) is 56.1 Å². The number of fused-ring (bicyclic) bond motifs is 2. The molecule has 0 aliphatic carbocycles. The average Bonchev–Trinajstić information content (AvgIpc) is 3.18. The SMILES string of the molecule is C=C/C=C(C)/C=C(C)/C(=N\N)C(=C)[CH2-].C=C/C=C(C)/C=C(C)/C(=N\N)C(=C)[CH2-].FC(F)(F)c1ccc(Oc2nnc(-c3[c-]cccc3)c3cc4ccccc4cc23)cc1.[Ir+3]. The fourth-order valence-electron chi connectivity index (χ4n) is 5.69. The number of nitrogens with two attached hydrogens (primary N) is 2. The number of rotatable bonds is 11. The number of alkyl halides is 3. The van der Waals surface area contributed by atoms with Gasteiger partial charge in [-0.25, -0.2) is 10.2 Å². The topological polar surface area (TPSA) is 112 Å². The minimum atomic E-state index is -4.40. The van der Waals surface area contributed by atoms with Crippen LogP contribution in [0.4, 0.5) is 13.2 Å². The molecule has 5 aromatic rings. The number of nitrogens with zero attached hydrogens (tertiary/aromatic N) is 4. The Morgan fingerprint density at radius 1 is 0.733 bits per heavy atom. The van der Waals surface area contributed by atoms with Crippen LogP contribution in [-0.2, 0) is 26.3 Å². The van der Waals surface area contributed by atoms with Gasteiger partial charge in [0.1, 0.15) is 5.75 Å². The summed E-state index contributed by atoms with van der Waals surface area (Å²) in [6, 6.07) is 27.0. The summed E-state index contributed by atoms with van der Waals surface area (Å²) in [5.74, 6) is 10.9. The molecule has 0 radical (unpaired) electrons. The molecule has 0 amide bonds. The first-order valence-electron chi connectivity index (χ1n) is 18.1. The Kier molecular flexibility index (Phi) is 19.5. The van der Waals surface area contributed by atoms with E-state index in [1.54, 1.807) is 18.2 Å². The molecule has 5 rings (SSSR count). The molecule has 1 aromatic heterocycles. The van der Waals surface area contributed by atoms with E-state index in [4.69, 9.17) is 16.4 Å². The average molecular weight is 986 g/mol. The number of ether oxygens (including phenoxy) is 1. The van der Waals surface area contributed by atoms with Crippen LogP contribution >= 0.6 is 0 Å². The van der Waals surface area contributed by atoms with Crippen molar-refractivity contribution in [2.24, 2.45) is 21.9 Å². The Labute approximate surface area is 364 Å². The third-order valence-electron chi connectivity index (χ3n) is 8.30. The van der Waals surface area contributed by atoms with E-state index >= 15 is 0 Å². The second-order valence-corrected chi connectivity index (χ2v) is 13.1. The van der Waals surface area contributed by atoms with Gasteiger partial charge in [-0.05, 0) is 85.6 Å². The molecule has 4 aromatic carbocycles. The summed E-state index contributed by atoms with van der Waals surface area (Å²) in [7, 11) is 0. The summed E-state index contributed by atoms with van der Waals surface area (Å²) in [4.78, 5) is 0. The predicted octanol–water partition coefficient (Wildman–Crippen LogP) is 12.6. The maximum Gasteiger partial charge on any atom is 3.00 e. The normalized spacial score (nSPS) is 12.6. The van der Waals surface area contributed by atoms with Crippen molar-refractivity contribution in [1.82, 2.24) is 10.2 Å². The van der Waals surface area contributed by atoms with Gasteiger partial charge in [0.25, 0.3) is 0 Å². The van der Waals surface area contributed by atoms with Crippen LogP contribution in [0.5, 0.6) is 11.6 Å². The van der Waals surface area contributed by atoms with E-state index < -0.39 is 11.7 Å². The molecule has 4 N–H and O–H groups in total. The first kappa shape index (κ1) is 49.5. The summed E-state index contributed by atoms with van der Waals surface area (Å²) < 4.78 is 44.4. The summed E-state index contributed by atoms with van der Waals surface area (Å²) >= 11 is 0. The molecule has 0 fully saturated rings. The summed E-state index contributed by atoms with van der Waals surface area (Å²) in [6.45, 7) is 29.8. The maximum atomic E-state index is 12.8. The molecule has 310 valence electrons. The largest absolute Gasteiger partial charge is 3.00 e. The summed E-state index contributed by atoms with van der Waals surface area (Å²) in [5.41, 5.74) is 7.28. The van der Waals surface area contributed by atoms with Gasteiger partial charge in [-0.2, -0.15) is 56.4 Å². The van der Waals surface area contributed by atoms with E-state index in [1.165, 1.54) is 12.1 Å². The van der Waals surface area contributed by atoms with Gasteiger partial charge in [-0.1, -0.05) is 102 Å². The fourth-order valence-corrected chi connectivity index (χ4v) is 5.69. The van der Waals surface area contributed by atoms with E-state index in [9.17, 15) is 13.2 Å². The number of halogens is 3. The zero-order valence-corrected chi connectivity index (χ0v) is 36.5. The van der Waals surface area contributed by atoms with Gasteiger partial charge in [-0.3, -0.25) is 0 Å².